The van der Waals surface area contributed by atoms with Crippen LogP contribution < -0.4 is 4.74 Å². The van der Waals surface area contributed by atoms with Gasteiger partial charge in [-0.05, 0) is 35.9 Å². The molecule has 0 aliphatic heterocycles. The summed E-state index contributed by atoms with van der Waals surface area (Å²) in [5.41, 5.74) is 3.53. The maximum Gasteiger partial charge on any atom is 0.274 e. The average molecular weight is 397 g/mol. The van der Waals surface area contributed by atoms with E-state index >= 15 is 0 Å². The lowest BCUT2D eigenvalue weighted by molar-refractivity contribution is 0.0779. The van der Waals surface area contributed by atoms with Crippen LogP contribution in [0.5, 0.6) is 5.75 Å². The molecule has 2 aromatic heterocycles. The molecule has 28 heavy (non-hydrogen) atoms. The zero-order valence-corrected chi connectivity index (χ0v) is 15.7. The molecule has 142 valence electrons. The van der Waals surface area contributed by atoms with Crippen LogP contribution in [0.15, 0.2) is 48.5 Å². The second-order valence-corrected chi connectivity index (χ2v) is 6.80. The van der Waals surface area contributed by atoms with E-state index in [9.17, 15) is 9.18 Å². The van der Waals surface area contributed by atoms with Crippen LogP contribution in [-0.4, -0.2) is 36.8 Å². The van der Waals surface area contributed by atoms with Crippen molar-refractivity contribution in [2.24, 2.45) is 0 Å². The fourth-order valence-electron chi connectivity index (χ4n) is 2.73. The third-order valence-electron chi connectivity index (χ3n) is 4.13. The van der Waals surface area contributed by atoms with Gasteiger partial charge in [-0.1, -0.05) is 12.1 Å². The first kappa shape index (κ1) is 18.1. The van der Waals surface area contributed by atoms with Crippen molar-refractivity contribution >= 4 is 28.7 Å². The Morgan fingerprint density at radius 1 is 1.18 bits per heavy atom. The van der Waals surface area contributed by atoms with Gasteiger partial charge >= 0.3 is 0 Å². The van der Waals surface area contributed by atoms with Crippen LogP contribution >= 0.6 is 11.7 Å². The number of ether oxygens (including phenoxy) is 1. The predicted molar refractivity (Wildman–Crippen MR) is 103 cm³/mol. The number of carbonyl (C=O) groups is 1. The summed E-state index contributed by atoms with van der Waals surface area (Å²) in [4.78, 5) is 14.2. The Morgan fingerprint density at radius 2 is 2.04 bits per heavy atom. The maximum absolute atomic E-state index is 13.2. The van der Waals surface area contributed by atoms with Gasteiger partial charge in [0.1, 0.15) is 29.2 Å². The molecule has 0 unspecified atom stereocenters. The highest BCUT2D eigenvalue weighted by atomic mass is 32.1. The van der Waals surface area contributed by atoms with Gasteiger partial charge in [-0.15, -0.1) is 0 Å². The number of nitrogens with zero attached hydrogens (tertiary/aromatic N) is 4. The minimum atomic E-state index is -0.369. The third-order valence-corrected chi connectivity index (χ3v) is 4.68. The Morgan fingerprint density at radius 3 is 2.89 bits per heavy atom. The number of H-pyrrole nitrogens is 1. The van der Waals surface area contributed by atoms with Crippen LogP contribution in [0.2, 0.25) is 0 Å². The number of amides is 1. The van der Waals surface area contributed by atoms with Gasteiger partial charge in [0.2, 0.25) is 0 Å². The van der Waals surface area contributed by atoms with E-state index in [0.29, 0.717) is 18.0 Å². The summed E-state index contributed by atoms with van der Waals surface area (Å²) in [5, 5.41) is 6.84. The topological polar surface area (TPSA) is 84.0 Å². The van der Waals surface area contributed by atoms with Crippen LogP contribution in [0.25, 0.3) is 11.0 Å². The van der Waals surface area contributed by atoms with Gasteiger partial charge in [0.25, 0.3) is 5.91 Å². The summed E-state index contributed by atoms with van der Waals surface area (Å²) >= 11 is 1.16. The molecule has 1 N–H and O–H groups in total. The molecule has 2 aromatic carbocycles. The standard InChI is InChI=1S/C19H16FN5O2S/c1-25(10-12-5-6-16-17(7-12)24-28-23-16)19(26)18-9-14(21-22-18)11-27-15-4-2-3-13(20)8-15/h2-9H,10-11H2,1H3,(H,21,22). The molecule has 1 amide bonds. The molecule has 2 heterocycles. The number of fused-ring (bicyclic) bond motifs is 1. The summed E-state index contributed by atoms with van der Waals surface area (Å²) in [6.07, 6.45) is 0. The Bertz CT molecular complexity index is 1130. The number of benzene rings is 2. The molecule has 0 spiro atoms. The molecule has 0 radical (unpaired) electrons. The van der Waals surface area contributed by atoms with Crippen molar-refractivity contribution in [2.45, 2.75) is 13.2 Å². The van der Waals surface area contributed by atoms with E-state index in [-0.39, 0.29) is 24.0 Å². The predicted octanol–water partition coefficient (Wildman–Crippen LogP) is 3.40. The molecule has 4 rings (SSSR count). The lowest BCUT2D eigenvalue weighted by Gasteiger charge is -2.15. The van der Waals surface area contributed by atoms with E-state index in [1.54, 1.807) is 30.1 Å². The zero-order chi connectivity index (χ0) is 19.5. The van der Waals surface area contributed by atoms with Crippen LogP contribution in [0.4, 0.5) is 4.39 Å². The first-order chi connectivity index (χ1) is 13.6. The second-order valence-electron chi connectivity index (χ2n) is 6.27. The average Bonchev–Trinajstić information content (AvgIpc) is 3.35. The van der Waals surface area contributed by atoms with Crippen molar-refractivity contribution in [1.29, 1.82) is 0 Å². The lowest BCUT2D eigenvalue weighted by atomic mass is 10.2. The van der Waals surface area contributed by atoms with Crippen molar-refractivity contribution in [2.75, 3.05) is 7.05 Å². The van der Waals surface area contributed by atoms with E-state index in [0.717, 1.165) is 28.3 Å². The lowest BCUT2D eigenvalue weighted by Crippen LogP contribution is -2.26. The molecule has 0 aliphatic carbocycles. The molecule has 0 bridgehead atoms. The summed E-state index contributed by atoms with van der Waals surface area (Å²) in [6.45, 7) is 0.579. The Balaban J connectivity index is 1.38. The Hall–Kier alpha value is -3.33. The van der Waals surface area contributed by atoms with Gasteiger partial charge in [-0.2, -0.15) is 13.8 Å². The van der Waals surface area contributed by atoms with Crippen molar-refractivity contribution in [3.05, 3.63) is 71.3 Å². The number of aromatic amines is 1. The van der Waals surface area contributed by atoms with Gasteiger partial charge in [0.15, 0.2) is 5.69 Å². The molecule has 0 saturated carbocycles. The van der Waals surface area contributed by atoms with Gasteiger partial charge in [-0.3, -0.25) is 9.89 Å². The number of carbonyl (C=O) groups excluding carboxylic acids is 1. The molecular formula is C19H16FN5O2S. The van der Waals surface area contributed by atoms with Crippen LogP contribution in [0.1, 0.15) is 21.7 Å². The van der Waals surface area contributed by atoms with Crippen molar-refractivity contribution < 1.29 is 13.9 Å². The fourth-order valence-corrected chi connectivity index (χ4v) is 3.25. The molecule has 0 atom stereocenters. The monoisotopic (exact) mass is 397 g/mol. The van der Waals surface area contributed by atoms with Gasteiger partial charge < -0.3 is 9.64 Å². The number of halogens is 1. The Kier molecular flexibility index (Phi) is 4.98. The molecule has 0 fully saturated rings. The normalized spacial score (nSPS) is 10.9. The maximum atomic E-state index is 13.2. The molecule has 9 heteroatoms. The number of rotatable bonds is 6. The van der Waals surface area contributed by atoms with Crippen molar-refractivity contribution in [1.82, 2.24) is 23.8 Å². The largest absolute Gasteiger partial charge is 0.487 e. The van der Waals surface area contributed by atoms with E-state index in [4.69, 9.17) is 4.74 Å². The molecule has 7 nitrogen and oxygen atoms in total. The van der Waals surface area contributed by atoms with Crippen molar-refractivity contribution in [3.8, 4) is 5.75 Å². The minimum Gasteiger partial charge on any atom is -0.487 e. The highest BCUT2D eigenvalue weighted by molar-refractivity contribution is 7.00. The first-order valence-corrected chi connectivity index (χ1v) is 9.21. The summed E-state index contributed by atoms with van der Waals surface area (Å²) in [6, 6.07) is 13.2. The van der Waals surface area contributed by atoms with Gasteiger partial charge in [0.05, 0.1) is 17.4 Å². The second kappa shape index (κ2) is 7.73. The van der Waals surface area contributed by atoms with E-state index in [1.165, 1.54) is 12.1 Å². The number of aromatic nitrogens is 4. The first-order valence-electron chi connectivity index (χ1n) is 8.48. The number of nitrogens with one attached hydrogen (secondary N) is 1. The number of hydrogen-bond donors (Lipinski definition) is 1. The smallest absolute Gasteiger partial charge is 0.274 e. The quantitative estimate of drug-likeness (QED) is 0.539. The van der Waals surface area contributed by atoms with Crippen molar-refractivity contribution in [3.63, 3.8) is 0 Å². The number of hydrogen-bond acceptors (Lipinski definition) is 6. The van der Waals surface area contributed by atoms with E-state index in [1.807, 2.05) is 18.2 Å². The van der Waals surface area contributed by atoms with Crippen LogP contribution in [0.3, 0.4) is 0 Å². The highest BCUT2D eigenvalue weighted by Crippen LogP contribution is 2.16. The summed E-state index contributed by atoms with van der Waals surface area (Å²) in [5.74, 6) is -0.178. The van der Waals surface area contributed by atoms with Gasteiger partial charge in [-0.25, -0.2) is 4.39 Å². The zero-order valence-electron chi connectivity index (χ0n) is 14.9. The molecular weight excluding hydrogens is 381 g/mol. The van der Waals surface area contributed by atoms with Crippen LogP contribution in [0, 0.1) is 5.82 Å². The Labute approximate surface area is 164 Å². The SMILES string of the molecule is CN(Cc1ccc2nsnc2c1)C(=O)c1cc(COc2cccc(F)c2)[nH]n1. The van der Waals surface area contributed by atoms with Crippen LogP contribution in [-0.2, 0) is 13.2 Å². The van der Waals surface area contributed by atoms with E-state index in [2.05, 4.69) is 18.9 Å². The molecule has 0 aliphatic rings. The molecule has 0 saturated heterocycles. The fraction of sp³-hybridized carbons (Fsp3) is 0.158. The summed E-state index contributed by atoms with van der Waals surface area (Å²) < 4.78 is 27.1. The highest BCUT2D eigenvalue weighted by Gasteiger charge is 2.16. The van der Waals surface area contributed by atoms with E-state index < -0.39 is 0 Å². The summed E-state index contributed by atoms with van der Waals surface area (Å²) in [7, 11) is 1.71. The minimum absolute atomic E-state index is 0.154. The molecule has 4 aromatic rings. The van der Waals surface area contributed by atoms with Gasteiger partial charge in [0, 0.05) is 19.7 Å². The third kappa shape index (κ3) is 3.99.